The number of amides is 1. The molecule has 3 atom stereocenters. The van der Waals surface area contributed by atoms with E-state index in [-0.39, 0.29) is 30.3 Å². The molecule has 1 amide bonds. The number of likely N-dealkylation sites (tertiary alicyclic amines) is 1. The fraction of sp³-hybridized carbons (Fsp3) is 0.867. The molecule has 1 heterocycles. The Balaban J connectivity index is 1.88. The molecule has 2 aliphatic rings. The summed E-state index contributed by atoms with van der Waals surface area (Å²) in [5.41, 5.74) is 0. The van der Waals surface area contributed by atoms with Gasteiger partial charge in [0, 0.05) is 25.3 Å². The average Bonchev–Trinajstić information content (AvgIpc) is 2.40. The van der Waals surface area contributed by atoms with E-state index in [1.165, 1.54) is 0 Å². The van der Waals surface area contributed by atoms with Crippen molar-refractivity contribution in [1.29, 1.82) is 0 Å². The molecule has 0 aromatic carbocycles. The van der Waals surface area contributed by atoms with E-state index in [1.54, 1.807) is 4.90 Å². The Bertz CT molecular complexity index is 372. The third-order valence-corrected chi connectivity index (χ3v) is 4.07. The van der Waals surface area contributed by atoms with Crippen molar-refractivity contribution in [3.05, 3.63) is 0 Å². The van der Waals surface area contributed by atoms with Crippen molar-refractivity contribution in [2.24, 2.45) is 5.92 Å². The molecule has 1 aliphatic carbocycles. The number of alkyl halides is 1. The van der Waals surface area contributed by atoms with Crippen LogP contribution >= 0.6 is 0 Å². The zero-order valence-corrected chi connectivity index (χ0v) is 12.3. The molecular weight excluding hydrogens is 261 g/mol. The summed E-state index contributed by atoms with van der Waals surface area (Å²) >= 11 is 0. The SMILES string of the molecule is CC(C)O[C@H]1CCN(C(=O)C2CCCC(=O)C2)C[C@H]1F. The summed E-state index contributed by atoms with van der Waals surface area (Å²) in [5.74, 6) is -0.126. The van der Waals surface area contributed by atoms with Gasteiger partial charge in [-0.25, -0.2) is 4.39 Å². The predicted molar refractivity (Wildman–Crippen MR) is 73.1 cm³/mol. The van der Waals surface area contributed by atoms with Crippen LogP contribution in [-0.2, 0) is 14.3 Å². The molecule has 0 aromatic rings. The van der Waals surface area contributed by atoms with Gasteiger partial charge in [-0.1, -0.05) is 0 Å². The van der Waals surface area contributed by atoms with Gasteiger partial charge < -0.3 is 9.64 Å². The van der Waals surface area contributed by atoms with Crippen LogP contribution < -0.4 is 0 Å². The summed E-state index contributed by atoms with van der Waals surface area (Å²) in [6.07, 6.45) is 1.44. The molecule has 2 rings (SSSR count). The standard InChI is InChI=1S/C15H24FNO3/c1-10(2)20-14-6-7-17(9-13(14)16)15(19)11-4-3-5-12(18)8-11/h10-11,13-14H,3-9H2,1-2H3/t11?,13-,14+/m1/s1. The van der Waals surface area contributed by atoms with Gasteiger partial charge in [-0.15, -0.1) is 0 Å². The van der Waals surface area contributed by atoms with Gasteiger partial charge in [0.25, 0.3) is 0 Å². The van der Waals surface area contributed by atoms with E-state index in [4.69, 9.17) is 4.74 Å². The first-order chi connectivity index (χ1) is 9.47. The topological polar surface area (TPSA) is 46.6 Å². The van der Waals surface area contributed by atoms with Gasteiger partial charge in [-0.2, -0.15) is 0 Å². The monoisotopic (exact) mass is 285 g/mol. The summed E-state index contributed by atoms with van der Waals surface area (Å²) < 4.78 is 19.6. The van der Waals surface area contributed by atoms with Crippen molar-refractivity contribution >= 4 is 11.7 Å². The number of piperidine rings is 1. The number of halogens is 1. The highest BCUT2D eigenvalue weighted by Crippen LogP contribution is 2.26. The van der Waals surface area contributed by atoms with Crippen LogP contribution in [0.2, 0.25) is 0 Å². The predicted octanol–water partition coefficient (Wildman–Crippen LogP) is 2.11. The average molecular weight is 285 g/mol. The zero-order chi connectivity index (χ0) is 14.7. The summed E-state index contributed by atoms with van der Waals surface area (Å²) in [5, 5.41) is 0. The zero-order valence-electron chi connectivity index (χ0n) is 12.3. The summed E-state index contributed by atoms with van der Waals surface area (Å²) in [4.78, 5) is 25.4. The Morgan fingerprint density at radius 2 is 2.15 bits per heavy atom. The first-order valence-electron chi connectivity index (χ1n) is 7.57. The van der Waals surface area contributed by atoms with Gasteiger partial charge >= 0.3 is 0 Å². The number of nitrogens with zero attached hydrogens (tertiary/aromatic N) is 1. The summed E-state index contributed by atoms with van der Waals surface area (Å²) in [7, 11) is 0. The van der Waals surface area contributed by atoms with Crippen molar-refractivity contribution in [1.82, 2.24) is 4.90 Å². The van der Waals surface area contributed by atoms with E-state index < -0.39 is 12.3 Å². The highest BCUT2D eigenvalue weighted by Gasteiger charge is 2.36. The van der Waals surface area contributed by atoms with E-state index >= 15 is 0 Å². The maximum atomic E-state index is 14.1. The molecule has 4 nitrogen and oxygen atoms in total. The van der Waals surface area contributed by atoms with Crippen LogP contribution in [0.1, 0.15) is 46.0 Å². The lowest BCUT2D eigenvalue weighted by Gasteiger charge is -2.37. The Morgan fingerprint density at radius 1 is 1.40 bits per heavy atom. The second-order valence-corrected chi connectivity index (χ2v) is 6.14. The highest BCUT2D eigenvalue weighted by molar-refractivity contribution is 5.88. The highest BCUT2D eigenvalue weighted by atomic mass is 19.1. The molecular formula is C15H24FNO3. The first kappa shape index (κ1) is 15.4. The van der Waals surface area contributed by atoms with Gasteiger partial charge in [0.05, 0.1) is 18.8 Å². The van der Waals surface area contributed by atoms with Gasteiger partial charge in [0.2, 0.25) is 5.91 Å². The molecule has 114 valence electrons. The number of carbonyl (C=O) groups excluding carboxylic acids is 2. The van der Waals surface area contributed by atoms with E-state index in [2.05, 4.69) is 0 Å². The Labute approximate surface area is 119 Å². The molecule has 20 heavy (non-hydrogen) atoms. The Morgan fingerprint density at radius 3 is 2.75 bits per heavy atom. The van der Waals surface area contributed by atoms with Crippen molar-refractivity contribution in [3.8, 4) is 0 Å². The van der Waals surface area contributed by atoms with Crippen molar-refractivity contribution in [2.75, 3.05) is 13.1 Å². The van der Waals surface area contributed by atoms with Gasteiger partial charge in [-0.3, -0.25) is 9.59 Å². The minimum Gasteiger partial charge on any atom is -0.372 e. The molecule has 1 aliphatic heterocycles. The lowest BCUT2D eigenvalue weighted by atomic mass is 9.87. The van der Waals surface area contributed by atoms with E-state index in [1.807, 2.05) is 13.8 Å². The fourth-order valence-corrected chi connectivity index (χ4v) is 3.08. The lowest BCUT2D eigenvalue weighted by molar-refractivity contribution is -0.145. The minimum atomic E-state index is -1.13. The number of ketones is 1. The first-order valence-corrected chi connectivity index (χ1v) is 7.57. The maximum absolute atomic E-state index is 14.1. The molecule has 2 fully saturated rings. The van der Waals surface area contributed by atoms with E-state index in [0.717, 1.165) is 12.8 Å². The van der Waals surface area contributed by atoms with E-state index in [9.17, 15) is 14.0 Å². The van der Waals surface area contributed by atoms with Crippen LogP contribution in [0.3, 0.4) is 0 Å². The normalized spacial score (nSPS) is 31.7. The minimum absolute atomic E-state index is 0.00327. The summed E-state index contributed by atoms with van der Waals surface area (Å²) in [6, 6.07) is 0. The van der Waals surface area contributed by atoms with Crippen LogP contribution in [0.5, 0.6) is 0 Å². The van der Waals surface area contributed by atoms with Gasteiger partial charge in [0.15, 0.2) is 0 Å². The number of hydrogen-bond acceptors (Lipinski definition) is 3. The molecule has 1 saturated heterocycles. The molecule has 1 saturated carbocycles. The van der Waals surface area contributed by atoms with Crippen LogP contribution in [0.4, 0.5) is 4.39 Å². The van der Waals surface area contributed by atoms with Crippen LogP contribution in [0.15, 0.2) is 0 Å². The quantitative estimate of drug-likeness (QED) is 0.798. The number of ether oxygens (including phenoxy) is 1. The third-order valence-electron chi connectivity index (χ3n) is 4.07. The van der Waals surface area contributed by atoms with Crippen LogP contribution in [0.25, 0.3) is 0 Å². The van der Waals surface area contributed by atoms with Crippen molar-refractivity contribution in [2.45, 2.75) is 64.3 Å². The van der Waals surface area contributed by atoms with Gasteiger partial charge in [0.1, 0.15) is 12.0 Å². The number of hydrogen-bond donors (Lipinski definition) is 0. The smallest absolute Gasteiger partial charge is 0.226 e. The molecule has 0 bridgehead atoms. The second-order valence-electron chi connectivity index (χ2n) is 6.14. The largest absolute Gasteiger partial charge is 0.372 e. The molecule has 1 unspecified atom stereocenters. The number of Topliss-reactive ketones (excluding diaryl/α,β-unsaturated/α-hetero) is 1. The molecule has 0 radical (unpaired) electrons. The van der Waals surface area contributed by atoms with Crippen molar-refractivity contribution in [3.63, 3.8) is 0 Å². The molecule has 0 N–H and O–H groups in total. The number of rotatable bonds is 3. The molecule has 5 heteroatoms. The van der Waals surface area contributed by atoms with E-state index in [0.29, 0.717) is 25.8 Å². The van der Waals surface area contributed by atoms with Gasteiger partial charge in [-0.05, 0) is 33.1 Å². The third kappa shape index (κ3) is 3.78. The van der Waals surface area contributed by atoms with Crippen LogP contribution in [-0.4, -0.2) is 48.1 Å². The number of carbonyl (C=O) groups is 2. The molecule has 0 aromatic heterocycles. The lowest BCUT2D eigenvalue weighted by Crippen LogP contribution is -2.50. The maximum Gasteiger partial charge on any atom is 0.226 e. The van der Waals surface area contributed by atoms with Crippen LogP contribution in [0, 0.1) is 5.92 Å². The fourth-order valence-electron chi connectivity index (χ4n) is 3.08. The summed E-state index contributed by atoms with van der Waals surface area (Å²) in [6.45, 7) is 4.40. The second kappa shape index (κ2) is 6.66. The van der Waals surface area contributed by atoms with Crippen molar-refractivity contribution < 1.29 is 18.7 Å². The molecule has 0 spiro atoms. The Hall–Kier alpha value is -0.970. The Kier molecular flexibility index (Phi) is 5.13.